The van der Waals surface area contributed by atoms with Crippen LogP contribution < -0.4 is 5.32 Å². The smallest absolute Gasteiger partial charge is 0.271 e. The highest BCUT2D eigenvalue weighted by Crippen LogP contribution is 2.25. The van der Waals surface area contributed by atoms with Crippen LogP contribution in [0, 0.1) is 6.92 Å². The zero-order valence-corrected chi connectivity index (χ0v) is 15.2. The van der Waals surface area contributed by atoms with Crippen molar-refractivity contribution in [2.75, 3.05) is 16.8 Å². The maximum Gasteiger partial charge on any atom is 0.271 e. The molecule has 0 aliphatic carbocycles. The summed E-state index contributed by atoms with van der Waals surface area (Å²) in [5, 5.41) is 8.61. The molecule has 134 valence electrons. The Morgan fingerprint density at radius 3 is 2.80 bits per heavy atom. The quantitative estimate of drug-likeness (QED) is 0.860. The first-order valence-corrected chi connectivity index (χ1v) is 10.1. The van der Waals surface area contributed by atoms with Crippen molar-refractivity contribution in [2.45, 2.75) is 32.2 Å². The molecule has 0 saturated carbocycles. The lowest BCUT2D eigenvalue weighted by Gasteiger charge is -2.27. The second-order valence-electron chi connectivity index (χ2n) is 6.21. The van der Waals surface area contributed by atoms with Gasteiger partial charge in [-0.05, 0) is 31.0 Å². The maximum atomic E-state index is 12.5. The highest BCUT2D eigenvalue weighted by Gasteiger charge is 2.37. The molecule has 1 aromatic rings. The molecule has 25 heavy (non-hydrogen) atoms. The van der Waals surface area contributed by atoms with Crippen LogP contribution in [0.1, 0.15) is 24.8 Å². The number of anilines is 1. The minimum absolute atomic E-state index is 0.0419. The third kappa shape index (κ3) is 3.85. The lowest BCUT2D eigenvalue weighted by Crippen LogP contribution is -2.42. The van der Waals surface area contributed by atoms with E-state index in [-0.39, 0.29) is 36.0 Å². The fourth-order valence-corrected chi connectivity index (χ4v) is 4.79. The van der Waals surface area contributed by atoms with Crippen LogP contribution in [0.3, 0.4) is 0 Å². The number of hydrogen-bond acceptors (Lipinski definition) is 5. The van der Waals surface area contributed by atoms with Crippen molar-refractivity contribution in [2.24, 2.45) is 5.10 Å². The van der Waals surface area contributed by atoms with Crippen molar-refractivity contribution in [1.82, 2.24) is 5.01 Å². The SMILES string of the molecule is Cc1c(Cl)cccc1NC(=O)C1=NN(C2CCS(=O)(=O)C2)C(=O)CC1. The van der Waals surface area contributed by atoms with Crippen LogP contribution in [-0.4, -0.2) is 48.5 Å². The summed E-state index contributed by atoms with van der Waals surface area (Å²) in [5.74, 6) is -0.730. The van der Waals surface area contributed by atoms with Crippen molar-refractivity contribution in [3.63, 3.8) is 0 Å². The number of hydrogen-bond donors (Lipinski definition) is 1. The second-order valence-corrected chi connectivity index (χ2v) is 8.84. The number of amides is 2. The van der Waals surface area contributed by atoms with Crippen LogP contribution >= 0.6 is 11.6 Å². The Balaban J connectivity index is 1.79. The predicted molar refractivity (Wildman–Crippen MR) is 95.4 cm³/mol. The lowest BCUT2D eigenvalue weighted by molar-refractivity contribution is -0.133. The normalized spacial score (nSPS) is 22.6. The minimum atomic E-state index is -3.14. The third-order valence-corrected chi connectivity index (χ3v) is 6.55. The first kappa shape index (κ1) is 17.9. The van der Waals surface area contributed by atoms with Gasteiger partial charge in [-0.2, -0.15) is 5.10 Å². The van der Waals surface area contributed by atoms with Gasteiger partial charge in [0.1, 0.15) is 5.71 Å². The van der Waals surface area contributed by atoms with Gasteiger partial charge in [0.15, 0.2) is 9.84 Å². The molecule has 1 fully saturated rings. The van der Waals surface area contributed by atoms with Gasteiger partial charge in [0.05, 0.1) is 17.5 Å². The number of carbonyl (C=O) groups excluding carboxylic acids is 2. The molecule has 3 rings (SSSR count). The highest BCUT2D eigenvalue weighted by atomic mass is 35.5. The molecule has 0 radical (unpaired) electrons. The Bertz CT molecular complexity index is 866. The van der Waals surface area contributed by atoms with Crippen molar-refractivity contribution in [1.29, 1.82) is 0 Å². The zero-order valence-electron chi connectivity index (χ0n) is 13.7. The summed E-state index contributed by atoms with van der Waals surface area (Å²) in [5.41, 5.74) is 1.53. The van der Waals surface area contributed by atoms with Gasteiger partial charge in [-0.3, -0.25) is 9.59 Å². The van der Waals surface area contributed by atoms with Gasteiger partial charge in [-0.25, -0.2) is 13.4 Å². The summed E-state index contributed by atoms with van der Waals surface area (Å²) in [6.45, 7) is 1.79. The number of hydrazone groups is 1. The van der Waals surface area contributed by atoms with E-state index >= 15 is 0 Å². The molecule has 0 bridgehead atoms. The van der Waals surface area contributed by atoms with E-state index in [1.54, 1.807) is 25.1 Å². The Morgan fingerprint density at radius 1 is 1.36 bits per heavy atom. The molecule has 2 aliphatic rings. The molecule has 0 spiro atoms. The predicted octanol–water partition coefficient (Wildman–Crippen LogP) is 1.75. The first-order valence-electron chi connectivity index (χ1n) is 7.93. The number of benzene rings is 1. The Hall–Kier alpha value is -1.93. The lowest BCUT2D eigenvalue weighted by atomic mass is 10.1. The largest absolute Gasteiger partial charge is 0.321 e. The minimum Gasteiger partial charge on any atom is -0.321 e. The van der Waals surface area contributed by atoms with Gasteiger partial charge < -0.3 is 5.32 Å². The Morgan fingerprint density at radius 2 is 2.12 bits per heavy atom. The highest BCUT2D eigenvalue weighted by molar-refractivity contribution is 7.91. The molecule has 2 heterocycles. The van der Waals surface area contributed by atoms with Crippen molar-refractivity contribution in [3.05, 3.63) is 28.8 Å². The molecule has 1 unspecified atom stereocenters. The number of halogens is 1. The number of carbonyl (C=O) groups is 2. The van der Waals surface area contributed by atoms with E-state index in [0.29, 0.717) is 17.1 Å². The molecule has 1 aromatic carbocycles. The molecule has 7 nitrogen and oxygen atoms in total. The van der Waals surface area contributed by atoms with Crippen LogP contribution in [0.15, 0.2) is 23.3 Å². The number of sulfone groups is 1. The number of nitrogens with one attached hydrogen (secondary N) is 1. The molecular formula is C16H18ClN3O4S. The van der Waals surface area contributed by atoms with Crippen molar-refractivity contribution < 1.29 is 18.0 Å². The summed E-state index contributed by atoms with van der Waals surface area (Å²) in [4.78, 5) is 24.6. The second kappa shape index (κ2) is 6.76. The first-order chi connectivity index (χ1) is 11.8. The average molecular weight is 384 g/mol. The van der Waals surface area contributed by atoms with Gasteiger partial charge in [0.2, 0.25) is 5.91 Å². The number of rotatable bonds is 3. The van der Waals surface area contributed by atoms with E-state index in [4.69, 9.17) is 11.6 Å². The topological polar surface area (TPSA) is 95.9 Å². The molecule has 1 saturated heterocycles. The van der Waals surface area contributed by atoms with Crippen LogP contribution in [0.2, 0.25) is 5.02 Å². The summed E-state index contributed by atoms with van der Waals surface area (Å²) in [6, 6.07) is 4.70. The molecular weight excluding hydrogens is 366 g/mol. The average Bonchev–Trinajstić information content (AvgIpc) is 2.92. The monoisotopic (exact) mass is 383 g/mol. The van der Waals surface area contributed by atoms with Gasteiger partial charge in [-0.15, -0.1) is 0 Å². The van der Waals surface area contributed by atoms with E-state index in [1.807, 2.05) is 0 Å². The van der Waals surface area contributed by atoms with Crippen molar-refractivity contribution in [3.8, 4) is 0 Å². The molecule has 0 aromatic heterocycles. The van der Waals surface area contributed by atoms with E-state index in [1.165, 1.54) is 5.01 Å². The standard InChI is InChI=1S/C16H18ClN3O4S/c1-10-12(17)3-2-4-13(10)18-16(22)14-5-6-15(21)20(19-14)11-7-8-25(23,24)9-11/h2-4,11H,5-9H2,1H3,(H,18,22). The van der Waals surface area contributed by atoms with Crippen LogP contribution in [0.25, 0.3) is 0 Å². The molecule has 2 aliphatic heterocycles. The molecule has 9 heteroatoms. The van der Waals surface area contributed by atoms with Crippen LogP contribution in [0.4, 0.5) is 5.69 Å². The van der Waals surface area contributed by atoms with E-state index in [9.17, 15) is 18.0 Å². The molecule has 2 amide bonds. The maximum absolute atomic E-state index is 12.5. The third-order valence-electron chi connectivity index (χ3n) is 4.39. The van der Waals surface area contributed by atoms with E-state index in [2.05, 4.69) is 10.4 Å². The summed E-state index contributed by atoms with van der Waals surface area (Å²) >= 11 is 6.05. The summed E-state index contributed by atoms with van der Waals surface area (Å²) < 4.78 is 23.3. The fraction of sp³-hybridized carbons (Fsp3) is 0.438. The molecule has 1 atom stereocenters. The summed E-state index contributed by atoms with van der Waals surface area (Å²) in [7, 11) is -3.14. The number of nitrogens with zero attached hydrogens (tertiary/aromatic N) is 2. The molecule has 1 N–H and O–H groups in total. The van der Waals surface area contributed by atoms with E-state index < -0.39 is 21.8 Å². The Kier molecular flexibility index (Phi) is 4.83. The van der Waals surface area contributed by atoms with Gasteiger partial charge in [0, 0.05) is 23.6 Å². The van der Waals surface area contributed by atoms with Gasteiger partial charge >= 0.3 is 0 Å². The van der Waals surface area contributed by atoms with Gasteiger partial charge in [0.25, 0.3) is 5.91 Å². The zero-order chi connectivity index (χ0) is 18.2. The van der Waals surface area contributed by atoms with Gasteiger partial charge in [-0.1, -0.05) is 17.7 Å². The summed E-state index contributed by atoms with van der Waals surface area (Å²) in [6.07, 6.45) is 0.706. The van der Waals surface area contributed by atoms with Crippen LogP contribution in [-0.2, 0) is 19.4 Å². The van der Waals surface area contributed by atoms with Crippen LogP contribution in [0.5, 0.6) is 0 Å². The Labute approximate surface area is 150 Å². The van der Waals surface area contributed by atoms with Crippen molar-refractivity contribution >= 4 is 44.7 Å². The fourth-order valence-electron chi connectivity index (χ4n) is 2.93. The van der Waals surface area contributed by atoms with E-state index in [0.717, 1.165) is 5.56 Å².